The Labute approximate surface area is 118 Å². The van der Waals surface area contributed by atoms with Crippen LogP contribution in [0.4, 0.5) is 0 Å². The van der Waals surface area contributed by atoms with E-state index in [1.54, 1.807) is 23.4 Å². The molecule has 18 heavy (non-hydrogen) atoms. The van der Waals surface area contributed by atoms with Gasteiger partial charge in [0, 0.05) is 12.6 Å². The summed E-state index contributed by atoms with van der Waals surface area (Å²) in [7, 11) is -3.16. The molecule has 0 aliphatic carbocycles. The molecule has 0 amide bonds. The SMILES string of the molecule is CCS(=O)(=O)N1CCCC1c1ccc(Cl)c(Cl)c1. The lowest BCUT2D eigenvalue weighted by molar-refractivity contribution is 0.397. The van der Waals surface area contributed by atoms with Crippen LogP contribution in [0.5, 0.6) is 0 Å². The van der Waals surface area contributed by atoms with E-state index in [2.05, 4.69) is 0 Å². The first kappa shape index (κ1) is 14.1. The van der Waals surface area contributed by atoms with Crippen LogP contribution in [0.3, 0.4) is 0 Å². The summed E-state index contributed by atoms with van der Waals surface area (Å²) in [6.45, 7) is 2.25. The standard InChI is InChI=1S/C12H15Cl2NO2S/c1-2-18(16,17)15-7-3-4-12(15)9-5-6-10(13)11(14)8-9/h5-6,8,12H,2-4,7H2,1H3. The van der Waals surface area contributed by atoms with E-state index >= 15 is 0 Å². The molecule has 1 atom stereocenters. The summed E-state index contributed by atoms with van der Waals surface area (Å²) >= 11 is 11.9. The first-order valence-electron chi connectivity index (χ1n) is 5.90. The molecule has 3 nitrogen and oxygen atoms in total. The first-order chi connectivity index (χ1) is 8.45. The van der Waals surface area contributed by atoms with Crippen molar-refractivity contribution in [3.05, 3.63) is 33.8 Å². The lowest BCUT2D eigenvalue weighted by Crippen LogP contribution is -2.31. The fourth-order valence-electron chi connectivity index (χ4n) is 2.29. The molecule has 0 radical (unpaired) electrons. The molecule has 1 aliphatic heterocycles. The summed E-state index contributed by atoms with van der Waals surface area (Å²) < 4.78 is 25.6. The van der Waals surface area contributed by atoms with Gasteiger partial charge in [0.1, 0.15) is 0 Å². The largest absolute Gasteiger partial charge is 0.214 e. The zero-order chi connectivity index (χ0) is 13.3. The number of hydrogen-bond donors (Lipinski definition) is 0. The average molecular weight is 308 g/mol. The minimum Gasteiger partial charge on any atom is -0.212 e. The highest BCUT2D eigenvalue weighted by Gasteiger charge is 2.34. The quantitative estimate of drug-likeness (QED) is 0.857. The third-order valence-corrected chi connectivity index (χ3v) is 5.87. The van der Waals surface area contributed by atoms with Crippen molar-refractivity contribution >= 4 is 33.2 Å². The number of halogens is 2. The van der Waals surface area contributed by atoms with Crippen molar-refractivity contribution in [2.24, 2.45) is 0 Å². The molecule has 1 heterocycles. The van der Waals surface area contributed by atoms with Crippen molar-refractivity contribution in [2.75, 3.05) is 12.3 Å². The molecule has 0 aromatic heterocycles. The Morgan fingerprint density at radius 1 is 1.33 bits per heavy atom. The molecule has 100 valence electrons. The molecule has 0 saturated carbocycles. The minimum atomic E-state index is -3.16. The van der Waals surface area contributed by atoms with Gasteiger partial charge in [0.25, 0.3) is 0 Å². The summed E-state index contributed by atoms with van der Waals surface area (Å²) in [6, 6.07) is 5.22. The number of sulfonamides is 1. The van der Waals surface area contributed by atoms with Gasteiger partial charge in [-0.15, -0.1) is 0 Å². The average Bonchev–Trinajstić information content (AvgIpc) is 2.82. The number of rotatable bonds is 3. The molecule has 2 rings (SSSR count). The van der Waals surface area contributed by atoms with Crippen LogP contribution in [0.25, 0.3) is 0 Å². The van der Waals surface area contributed by atoms with Gasteiger partial charge in [0.15, 0.2) is 0 Å². The molecule has 0 N–H and O–H groups in total. The van der Waals surface area contributed by atoms with Crippen molar-refractivity contribution in [1.29, 1.82) is 0 Å². The molecule has 1 aromatic rings. The predicted octanol–water partition coefficient (Wildman–Crippen LogP) is 3.48. The second kappa shape index (κ2) is 5.37. The fraction of sp³-hybridized carbons (Fsp3) is 0.500. The van der Waals surface area contributed by atoms with Gasteiger partial charge in [-0.1, -0.05) is 29.3 Å². The van der Waals surface area contributed by atoms with Crippen LogP contribution in [0.15, 0.2) is 18.2 Å². The van der Waals surface area contributed by atoms with Crippen molar-refractivity contribution in [2.45, 2.75) is 25.8 Å². The Hall–Kier alpha value is -0.290. The maximum absolute atomic E-state index is 12.0. The summed E-state index contributed by atoms with van der Waals surface area (Å²) in [4.78, 5) is 0. The molecular formula is C12H15Cl2NO2S. The molecule has 1 aliphatic rings. The highest BCUT2D eigenvalue weighted by molar-refractivity contribution is 7.89. The second-order valence-corrected chi connectivity index (χ2v) is 7.37. The van der Waals surface area contributed by atoms with Gasteiger partial charge >= 0.3 is 0 Å². The molecule has 0 bridgehead atoms. The van der Waals surface area contributed by atoms with E-state index in [9.17, 15) is 8.42 Å². The van der Waals surface area contributed by atoms with Crippen LogP contribution >= 0.6 is 23.2 Å². The second-order valence-electron chi connectivity index (χ2n) is 4.34. The van der Waals surface area contributed by atoms with Crippen molar-refractivity contribution in [3.63, 3.8) is 0 Å². The zero-order valence-corrected chi connectivity index (χ0v) is 12.4. The van der Waals surface area contributed by atoms with Crippen molar-refractivity contribution in [1.82, 2.24) is 4.31 Å². The Balaban J connectivity index is 2.35. The Kier molecular flexibility index (Phi) is 4.22. The summed E-state index contributed by atoms with van der Waals surface area (Å²) in [5.74, 6) is 0.130. The Bertz CT molecular complexity index is 545. The van der Waals surface area contributed by atoms with Crippen LogP contribution in [-0.4, -0.2) is 25.0 Å². The van der Waals surface area contributed by atoms with Gasteiger partial charge in [-0.3, -0.25) is 0 Å². The van der Waals surface area contributed by atoms with Gasteiger partial charge in [-0.25, -0.2) is 8.42 Å². The zero-order valence-electron chi connectivity index (χ0n) is 10.1. The smallest absolute Gasteiger partial charge is 0.212 e. The number of hydrogen-bond acceptors (Lipinski definition) is 2. The van der Waals surface area contributed by atoms with E-state index in [1.165, 1.54) is 0 Å². The molecule has 0 spiro atoms. The van der Waals surface area contributed by atoms with E-state index in [0.717, 1.165) is 18.4 Å². The van der Waals surface area contributed by atoms with Gasteiger partial charge < -0.3 is 0 Å². The summed E-state index contributed by atoms with van der Waals surface area (Å²) in [5, 5.41) is 0.957. The predicted molar refractivity (Wildman–Crippen MR) is 74.6 cm³/mol. The maximum Gasteiger partial charge on any atom is 0.214 e. The van der Waals surface area contributed by atoms with Gasteiger partial charge in [-0.05, 0) is 37.5 Å². The third-order valence-electron chi connectivity index (χ3n) is 3.25. The first-order valence-corrected chi connectivity index (χ1v) is 8.26. The van der Waals surface area contributed by atoms with Gasteiger partial charge in [0.05, 0.1) is 15.8 Å². The van der Waals surface area contributed by atoms with Gasteiger partial charge in [-0.2, -0.15) is 4.31 Å². The minimum absolute atomic E-state index is 0.107. The highest BCUT2D eigenvalue weighted by atomic mass is 35.5. The lowest BCUT2D eigenvalue weighted by atomic mass is 10.1. The Morgan fingerprint density at radius 3 is 2.67 bits per heavy atom. The van der Waals surface area contributed by atoms with Crippen LogP contribution < -0.4 is 0 Å². The Morgan fingerprint density at radius 2 is 2.06 bits per heavy atom. The van der Waals surface area contributed by atoms with Crippen LogP contribution in [-0.2, 0) is 10.0 Å². The lowest BCUT2D eigenvalue weighted by Gasteiger charge is -2.24. The maximum atomic E-state index is 12.0. The van der Waals surface area contributed by atoms with E-state index < -0.39 is 10.0 Å². The van der Waals surface area contributed by atoms with Crippen LogP contribution in [0.2, 0.25) is 10.0 Å². The molecule has 1 unspecified atom stereocenters. The normalized spacial score (nSPS) is 21.4. The molecule has 1 fully saturated rings. The molecule has 6 heteroatoms. The van der Waals surface area contributed by atoms with Crippen LogP contribution in [0.1, 0.15) is 31.4 Å². The van der Waals surface area contributed by atoms with Gasteiger partial charge in [0.2, 0.25) is 10.0 Å². The van der Waals surface area contributed by atoms with E-state index in [1.807, 2.05) is 6.07 Å². The van der Waals surface area contributed by atoms with E-state index in [4.69, 9.17) is 23.2 Å². The fourth-order valence-corrected chi connectivity index (χ4v) is 3.95. The number of nitrogens with zero attached hydrogens (tertiary/aromatic N) is 1. The monoisotopic (exact) mass is 307 g/mol. The van der Waals surface area contributed by atoms with Crippen molar-refractivity contribution in [3.8, 4) is 0 Å². The number of benzene rings is 1. The van der Waals surface area contributed by atoms with E-state index in [-0.39, 0.29) is 11.8 Å². The summed E-state index contributed by atoms with van der Waals surface area (Å²) in [6.07, 6.45) is 1.71. The van der Waals surface area contributed by atoms with Crippen molar-refractivity contribution < 1.29 is 8.42 Å². The highest BCUT2D eigenvalue weighted by Crippen LogP contribution is 2.36. The topological polar surface area (TPSA) is 37.4 Å². The van der Waals surface area contributed by atoms with E-state index in [0.29, 0.717) is 16.6 Å². The van der Waals surface area contributed by atoms with Crippen LogP contribution in [0, 0.1) is 0 Å². The molecule has 1 aromatic carbocycles. The molecule has 1 saturated heterocycles. The molecular weight excluding hydrogens is 293 g/mol. The summed E-state index contributed by atoms with van der Waals surface area (Å²) in [5.41, 5.74) is 0.916. The third kappa shape index (κ3) is 2.67.